The van der Waals surface area contributed by atoms with E-state index >= 15 is 0 Å². The number of unbranched alkanes of at least 4 members (excludes halogenated alkanes) is 6. The molecule has 0 radical (unpaired) electrons. The summed E-state index contributed by atoms with van der Waals surface area (Å²) in [6.07, 6.45) is 11.0. The van der Waals surface area contributed by atoms with Crippen LogP contribution in [0.25, 0.3) is 0 Å². The van der Waals surface area contributed by atoms with Crippen LogP contribution in [0.3, 0.4) is 0 Å². The van der Waals surface area contributed by atoms with Crippen molar-refractivity contribution >= 4 is 0 Å². The van der Waals surface area contributed by atoms with Gasteiger partial charge in [-0.15, -0.1) is 0 Å². The highest BCUT2D eigenvalue weighted by atomic mass is 15.5. The highest BCUT2D eigenvalue weighted by molar-refractivity contribution is 4.67. The molecule has 0 amide bonds. The molecule has 0 aromatic carbocycles. The Balaban J connectivity index is 2.16. The monoisotopic (exact) mass is 269 g/mol. The molecule has 0 bridgehead atoms. The molecule has 0 spiro atoms. The molecule has 1 saturated heterocycles. The van der Waals surface area contributed by atoms with Gasteiger partial charge in [0.2, 0.25) is 0 Å². The lowest BCUT2D eigenvalue weighted by Gasteiger charge is -2.40. The Labute approximate surface area is 120 Å². The smallest absolute Gasteiger partial charge is 0.0529 e. The van der Waals surface area contributed by atoms with Gasteiger partial charge in [-0.2, -0.15) is 0 Å². The molecule has 0 unspecified atom stereocenters. The molecule has 0 N–H and O–H groups in total. The van der Waals surface area contributed by atoms with E-state index in [-0.39, 0.29) is 0 Å². The van der Waals surface area contributed by atoms with Gasteiger partial charge in [-0.3, -0.25) is 14.7 Å². The topological polar surface area (TPSA) is 9.72 Å². The summed E-state index contributed by atoms with van der Waals surface area (Å²) < 4.78 is 0. The van der Waals surface area contributed by atoms with E-state index < -0.39 is 0 Å². The van der Waals surface area contributed by atoms with Gasteiger partial charge in [0.15, 0.2) is 0 Å². The Kier molecular flexibility index (Phi) is 9.48. The zero-order valence-corrected chi connectivity index (χ0v) is 13.5. The molecule has 3 nitrogen and oxygen atoms in total. The second-order valence-electron chi connectivity index (χ2n) is 6.19. The molecule has 114 valence electrons. The minimum atomic E-state index is 1.15. The molecule has 1 aliphatic rings. The molecule has 0 aromatic heterocycles. The van der Waals surface area contributed by atoms with Crippen LogP contribution in [0.2, 0.25) is 0 Å². The number of nitrogens with zero attached hydrogens (tertiary/aromatic N) is 3. The zero-order valence-electron chi connectivity index (χ0n) is 13.5. The third-order valence-corrected chi connectivity index (χ3v) is 3.94. The first-order valence-electron chi connectivity index (χ1n) is 8.39. The molecule has 0 aromatic rings. The standard InChI is InChI=1S/C16H35N3/c1-4-6-8-10-12-18-14-17(3)15-19(16-18)13-11-9-7-5-2/h4-16H2,1-3H3. The molecule has 1 fully saturated rings. The Morgan fingerprint density at radius 1 is 0.632 bits per heavy atom. The van der Waals surface area contributed by atoms with Crippen LogP contribution in [-0.4, -0.2) is 54.8 Å². The van der Waals surface area contributed by atoms with E-state index in [0.29, 0.717) is 0 Å². The zero-order chi connectivity index (χ0) is 13.9. The fourth-order valence-corrected chi connectivity index (χ4v) is 2.91. The minimum Gasteiger partial charge on any atom is -0.280 e. The van der Waals surface area contributed by atoms with E-state index in [0.717, 1.165) is 13.3 Å². The summed E-state index contributed by atoms with van der Waals surface area (Å²) in [5.41, 5.74) is 0. The Bertz CT molecular complexity index is 188. The van der Waals surface area contributed by atoms with E-state index in [1.54, 1.807) is 0 Å². The van der Waals surface area contributed by atoms with Gasteiger partial charge in [-0.05, 0) is 19.9 Å². The summed E-state index contributed by atoms with van der Waals surface area (Å²) in [4.78, 5) is 7.67. The van der Waals surface area contributed by atoms with Gasteiger partial charge in [0.05, 0.1) is 20.0 Å². The maximum Gasteiger partial charge on any atom is 0.0529 e. The lowest BCUT2D eigenvalue weighted by Crippen LogP contribution is -2.53. The fraction of sp³-hybridized carbons (Fsp3) is 1.00. The first-order valence-corrected chi connectivity index (χ1v) is 8.39. The maximum absolute atomic E-state index is 2.61. The van der Waals surface area contributed by atoms with Crippen molar-refractivity contribution in [2.24, 2.45) is 0 Å². The molecule has 0 atom stereocenters. The van der Waals surface area contributed by atoms with Gasteiger partial charge in [0, 0.05) is 13.1 Å². The Morgan fingerprint density at radius 3 is 1.53 bits per heavy atom. The molecule has 3 heteroatoms. The van der Waals surface area contributed by atoms with Gasteiger partial charge in [0.1, 0.15) is 0 Å². The van der Waals surface area contributed by atoms with Gasteiger partial charge in [-0.25, -0.2) is 0 Å². The number of hydrogen-bond donors (Lipinski definition) is 0. The lowest BCUT2D eigenvalue weighted by molar-refractivity contribution is -0.0171. The number of rotatable bonds is 10. The average molecular weight is 269 g/mol. The number of hydrogen-bond acceptors (Lipinski definition) is 3. The van der Waals surface area contributed by atoms with Crippen LogP contribution in [-0.2, 0) is 0 Å². The highest BCUT2D eigenvalue weighted by Crippen LogP contribution is 2.10. The lowest BCUT2D eigenvalue weighted by atomic mass is 10.2. The molecular formula is C16H35N3. The van der Waals surface area contributed by atoms with E-state index in [9.17, 15) is 0 Å². The van der Waals surface area contributed by atoms with Crippen molar-refractivity contribution in [3.05, 3.63) is 0 Å². The molecule has 0 aliphatic carbocycles. The van der Waals surface area contributed by atoms with Crippen LogP contribution in [0.1, 0.15) is 65.2 Å². The van der Waals surface area contributed by atoms with Gasteiger partial charge >= 0.3 is 0 Å². The molecule has 0 saturated carbocycles. The summed E-state index contributed by atoms with van der Waals surface area (Å²) in [5, 5.41) is 0. The quantitative estimate of drug-likeness (QED) is 0.561. The maximum atomic E-state index is 2.61. The molecular weight excluding hydrogens is 234 g/mol. The largest absolute Gasteiger partial charge is 0.280 e. The van der Waals surface area contributed by atoms with Crippen LogP contribution in [0.4, 0.5) is 0 Å². The van der Waals surface area contributed by atoms with Crippen LogP contribution in [0, 0.1) is 0 Å². The van der Waals surface area contributed by atoms with Crippen LogP contribution >= 0.6 is 0 Å². The van der Waals surface area contributed by atoms with Crippen molar-refractivity contribution in [1.82, 2.24) is 14.7 Å². The fourth-order valence-electron chi connectivity index (χ4n) is 2.91. The van der Waals surface area contributed by atoms with Crippen molar-refractivity contribution in [1.29, 1.82) is 0 Å². The third-order valence-electron chi connectivity index (χ3n) is 3.94. The second kappa shape index (κ2) is 10.6. The van der Waals surface area contributed by atoms with Crippen molar-refractivity contribution in [3.63, 3.8) is 0 Å². The summed E-state index contributed by atoms with van der Waals surface area (Å²) in [7, 11) is 2.25. The predicted molar refractivity (Wildman–Crippen MR) is 84.1 cm³/mol. The van der Waals surface area contributed by atoms with Gasteiger partial charge in [0.25, 0.3) is 0 Å². The Morgan fingerprint density at radius 2 is 1.11 bits per heavy atom. The highest BCUT2D eigenvalue weighted by Gasteiger charge is 2.19. The van der Waals surface area contributed by atoms with E-state index in [1.807, 2.05) is 0 Å². The predicted octanol–water partition coefficient (Wildman–Crippen LogP) is 3.57. The van der Waals surface area contributed by atoms with E-state index in [4.69, 9.17) is 0 Å². The summed E-state index contributed by atoms with van der Waals surface area (Å²) in [6.45, 7) is 10.6. The van der Waals surface area contributed by atoms with E-state index in [2.05, 4.69) is 35.6 Å². The normalized spacial score (nSPS) is 19.1. The average Bonchev–Trinajstić information content (AvgIpc) is 2.39. The van der Waals surface area contributed by atoms with Crippen LogP contribution in [0.5, 0.6) is 0 Å². The minimum absolute atomic E-state index is 1.15. The van der Waals surface area contributed by atoms with Crippen LogP contribution in [0.15, 0.2) is 0 Å². The van der Waals surface area contributed by atoms with Crippen molar-refractivity contribution < 1.29 is 0 Å². The first kappa shape index (κ1) is 16.9. The molecule has 1 rings (SSSR count). The second-order valence-corrected chi connectivity index (χ2v) is 6.19. The van der Waals surface area contributed by atoms with Crippen molar-refractivity contribution in [2.75, 3.05) is 40.1 Å². The van der Waals surface area contributed by atoms with Crippen molar-refractivity contribution in [2.45, 2.75) is 65.2 Å². The van der Waals surface area contributed by atoms with Crippen LogP contribution < -0.4 is 0 Å². The van der Waals surface area contributed by atoms with Gasteiger partial charge in [-0.1, -0.05) is 52.4 Å². The van der Waals surface area contributed by atoms with Crippen molar-refractivity contribution in [3.8, 4) is 0 Å². The summed E-state index contributed by atoms with van der Waals surface area (Å²) in [5.74, 6) is 0. The Hall–Kier alpha value is -0.120. The molecule has 1 aliphatic heterocycles. The molecule has 19 heavy (non-hydrogen) atoms. The molecule has 1 heterocycles. The van der Waals surface area contributed by atoms with E-state index in [1.165, 1.54) is 71.1 Å². The first-order chi connectivity index (χ1) is 9.26. The van der Waals surface area contributed by atoms with Gasteiger partial charge < -0.3 is 0 Å². The SMILES string of the molecule is CCCCCCN1CN(C)CN(CCCCCC)C1. The third kappa shape index (κ3) is 7.91. The summed E-state index contributed by atoms with van der Waals surface area (Å²) in [6, 6.07) is 0. The summed E-state index contributed by atoms with van der Waals surface area (Å²) >= 11 is 0.